The number of halogens is 2. The lowest BCUT2D eigenvalue weighted by atomic mass is 10.1. The molecular formula is C11H13Cl2N3O2. The highest BCUT2D eigenvalue weighted by Gasteiger charge is 2.05. The van der Waals surface area contributed by atoms with Crippen molar-refractivity contribution in [1.29, 1.82) is 0 Å². The molecule has 0 amide bonds. The van der Waals surface area contributed by atoms with Gasteiger partial charge in [-0.25, -0.2) is 0 Å². The van der Waals surface area contributed by atoms with Crippen molar-refractivity contribution in [2.45, 2.75) is 6.42 Å². The van der Waals surface area contributed by atoms with Crippen molar-refractivity contribution in [1.82, 2.24) is 5.48 Å². The van der Waals surface area contributed by atoms with Crippen molar-refractivity contribution in [3.63, 3.8) is 0 Å². The molecule has 5 nitrogen and oxygen atoms in total. The summed E-state index contributed by atoms with van der Waals surface area (Å²) in [6, 6.07) is 5.14. The van der Waals surface area contributed by atoms with E-state index in [1.807, 2.05) is 0 Å². The molecule has 98 valence electrons. The Balaban J connectivity index is 3.00. The lowest BCUT2D eigenvalue weighted by Gasteiger charge is -2.10. The minimum Gasteiger partial charge on any atom is -0.409 e. The second-order valence-corrected chi connectivity index (χ2v) is 4.16. The van der Waals surface area contributed by atoms with Crippen LogP contribution in [0.25, 0.3) is 5.70 Å². The monoisotopic (exact) mass is 289 g/mol. The quantitative estimate of drug-likeness (QED) is 0.337. The first-order valence-electron chi connectivity index (χ1n) is 4.99. The van der Waals surface area contributed by atoms with Gasteiger partial charge in [0.05, 0.1) is 22.9 Å². The summed E-state index contributed by atoms with van der Waals surface area (Å²) in [6.07, 6.45) is 1.97. The number of nitrogens with two attached hydrogens (primary N) is 1. The Hall–Kier alpha value is -1.43. The largest absolute Gasteiger partial charge is 0.409 e. The van der Waals surface area contributed by atoms with Gasteiger partial charge >= 0.3 is 0 Å². The molecule has 1 aromatic rings. The van der Waals surface area contributed by atoms with Gasteiger partial charge in [0, 0.05) is 12.0 Å². The van der Waals surface area contributed by atoms with Gasteiger partial charge in [0.1, 0.15) is 5.84 Å². The number of hydrogen-bond donors (Lipinski definition) is 3. The molecule has 0 aromatic heterocycles. The van der Waals surface area contributed by atoms with Crippen LogP contribution in [0.2, 0.25) is 10.0 Å². The van der Waals surface area contributed by atoms with E-state index in [2.05, 4.69) is 10.6 Å². The van der Waals surface area contributed by atoms with Crippen molar-refractivity contribution < 1.29 is 10.0 Å². The number of nitrogens with zero attached hydrogens (tertiary/aromatic N) is 1. The maximum absolute atomic E-state index is 8.47. The molecule has 0 aliphatic carbocycles. The molecule has 0 aliphatic heterocycles. The first kappa shape index (κ1) is 14.6. The molecule has 0 bridgehead atoms. The van der Waals surface area contributed by atoms with Crippen molar-refractivity contribution >= 4 is 34.7 Å². The van der Waals surface area contributed by atoms with Crippen molar-refractivity contribution in [3.05, 3.63) is 39.9 Å². The first-order valence-corrected chi connectivity index (χ1v) is 5.75. The van der Waals surface area contributed by atoms with E-state index in [0.29, 0.717) is 15.7 Å². The van der Waals surface area contributed by atoms with Crippen molar-refractivity contribution in [2.24, 2.45) is 10.9 Å². The SMILES string of the molecule is CONC(=CCC(N)=NO)c1ccc(Cl)c(Cl)c1. The maximum Gasteiger partial charge on any atom is 0.143 e. The average Bonchev–Trinajstić information content (AvgIpc) is 2.37. The van der Waals surface area contributed by atoms with Crippen LogP contribution in [0, 0.1) is 0 Å². The zero-order valence-electron chi connectivity index (χ0n) is 9.65. The molecule has 0 radical (unpaired) electrons. The van der Waals surface area contributed by atoms with Gasteiger partial charge in [-0.2, -0.15) is 0 Å². The number of hydroxylamine groups is 1. The normalized spacial score (nSPS) is 12.6. The lowest BCUT2D eigenvalue weighted by Crippen LogP contribution is -2.13. The third-order valence-electron chi connectivity index (χ3n) is 2.09. The number of rotatable bonds is 5. The molecule has 7 heteroatoms. The van der Waals surface area contributed by atoms with Gasteiger partial charge < -0.3 is 10.9 Å². The Bertz CT molecular complexity index is 475. The number of benzene rings is 1. The van der Waals surface area contributed by atoms with Gasteiger partial charge in [-0.1, -0.05) is 40.5 Å². The van der Waals surface area contributed by atoms with Crippen molar-refractivity contribution in [2.75, 3.05) is 7.11 Å². The molecule has 0 unspecified atom stereocenters. The summed E-state index contributed by atoms with van der Waals surface area (Å²) in [7, 11) is 1.48. The van der Waals surface area contributed by atoms with E-state index < -0.39 is 0 Å². The zero-order valence-corrected chi connectivity index (χ0v) is 11.2. The van der Waals surface area contributed by atoms with Crippen LogP contribution in [0.4, 0.5) is 0 Å². The summed E-state index contributed by atoms with van der Waals surface area (Å²) in [5, 5.41) is 12.3. The Labute approximate surface area is 115 Å². The molecule has 0 spiro atoms. The maximum atomic E-state index is 8.47. The minimum atomic E-state index is 0.0884. The summed E-state index contributed by atoms with van der Waals surface area (Å²) < 4.78 is 0. The fourth-order valence-electron chi connectivity index (χ4n) is 1.24. The highest BCUT2D eigenvalue weighted by atomic mass is 35.5. The average molecular weight is 290 g/mol. The Morgan fingerprint density at radius 1 is 1.50 bits per heavy atom. The zero-order chi connectivity index (χ0) is 13.5. The minimum absolute atomic E-state index is 0.0884. The van der Waals surface area contributed by atoms with E-state index >= 15 is 0 Å². The number of amidine groups is 1. The van der Waals surface area contributed by atoms with E-state index in [-0.39, 0.29) is 12.3 Å². The highest BCUT2D eigenvalue weighted by Crippen LogP contribution is 2.25. The predicted molar refractivity (Wildman–Crippen MR) is 72.6 cm³/mol. The van der Waals surface area contributed by atoms with Crippen LogP contribution >= 0.6 is 23.2 Å². The molecule has 4 N–H and O–H groups in total. The standard InChI is InChI=1S/C11H13Cl2N3O2/c1-18-16-10(4-5-11(14)15-17)7-2-3-8(12)9(13)6-7/h2-4,6,16-17H,5H2,1H3,(H2,14,15). The molecule has 0 aliphatic rings. The van der Waals surface area contributed by atoms with Gasteiger partial charge in [0.25, 0.3) is 0 Å². The summed E-state index contributed by atoms with van der Waals surface area (Å²) in [5.74, 6) is 0.0884. The number of nitrogens with one attached hydrogen (secondary N) is 1. The summed E-state index contributed by atoms with van der Waals surface area (Å²) in [4.78, 5) is 4.86. The molecule has 18 heavy (non-hydrogen) atoms. The fourth-order valence-corrected chi connectivity index (χ4v) is 1.54. The van der Waals surface area contributed by atoms with Crippen LogP contribution in [0.3, 0.4) is 0 Å². The van der Waals surface area contributed by atoms with E-state index in [0.717, 1.165) is 5.56 Å². The smallest absolute Gasteiger partial charge is 0.143 e. The molecule has 0 saturated heterocycles. The van der Waals surface area contributed by atoms with E-state index in [4.69, 9.17) is 39.0 Å². The molecule has 0 heterocycles. The van der Waals surface area contributed by atoms with E-state index in [1.165, 1.54) is 7.11 Å². The number of oxime groups is 1. The molecule has 1 aromatic carbocycles. The van der Waals surface area contributed by atoms with E-state index in [9.17, 15) is 0 Å². The molecule has 0 atom stereocenters. The fraction of sp³-hybridized carbons (Fsp3) is 0.182. The van der Waals surface area contributed by atoms with E-state index in [1.54, 1.807) is 24.3 Å². The van der Waals surface area contributed by atoms with Gasteiger partial charge in [0.2, 0.25) is 0 Å². The second kappa shape index (κ2) is 7.10. The molecular weight excluding hydrogens is 277 g/mol. The predicted octanol–water partition coefficient (Wildman–Crippen LogP) is 2.62. The summed E-state index contributed by atoms with van der Waals surface area (Å²) >= 11 is 11.8. The van der Waals surface area contributed by atoms with Gasteiger partial charge in [-0.05, 0) is 12.1 Å². The lowest BCUT2D eigenvalue weighted by molar-refractivity contribution is 0.136. The Morgan fingerprint density at radius 3 is 2.78 bits per heavy atom. The molecule has 1 rings (SSSR count). The highest BCUT2D eigenvalue weighted by molar-refractivity contribution is 6.42. The van der Waals surface area contributed by atoms with Crippen molar-refractivity contribution in [3.8, 4) is 0 Å². The van der Waals surface area contributed by atoms with Crippen LogP contribution in [-0.4, -0.2) is 18.2 Å². The topological polar surface area (TPSA) is 79.9 Å². The van der Waals surface area contributed by atoms with Gasteiger partial charge in [-0.15, -0.1) is 0 Å². The van der Waals surface area contributed by atoms with Crippen LogP contribution in [0.1, 0.15) is 12.0 Å². The summed E-state index contributed by atoms with van der Waals surface area (Å²) in [6.45, 7) is 0. The number of hydrogen-bond acceptors (Lipinski definition) is 4. The Morgan fingerprint density at radius 2 is 2.22 bits per heavy atom. The summed E-state index contributed by atoms with van der Waals surface area (Å²) in [5.41, 5.74) is 9.50. The van der Waals surface area contributed by atoms with Crippen LogP contribution in [0.5, 0.6) is 0 Å². The first-order chi connectivity index (χ1) is 8.58. The second-order valence-electron chi connectivity index (χ2n) is 3.35. The molecule has 0 fully saturated rings. The Kier molecular flexibility index (Phi) is 5.77. The van der Waals surface area contributed by atoms with Gasteiger partial charge in [0.15, 0.2) is 0 Å². The van der Waals surface area contributed by atoms with Gasteiger partial charge in [-0.3, -0.25) is 10.3 Å². The molecule has 0 saturated carbocycles. The third-order valence-corrected chi connectivity index (χ3v) is 2.83. The third kappa shape index (κ3) is 4.10. The van der Waals surface area contributed by atoms with Crippen LogP contribution in [-0.2, 0) is 4.84 Å². The van der Waals surface area contributed by atoms with Crippen LogP contribution < -0.4 is 11.2 Å². The van der Waals surface area contributed by atoms with Crippen LogP contribution in [0.15, 0.2) is 29.4 Å².